The van der Waals surface area contributed by atoms with Crippen molar-refractivity contribution in [3.05, 3.63) is 0 Å². The first kappa shape index (κ1) is 21.4. The number of hydrogen-bond donors (Lipinski definition) is 2. The zero-order valence-electron chi connectivity index (χ0n) is 14.9. The maximum Gasteiger partial charge on any atom is 0.191 e. The fraction of sp³-hybridized carbons (Fsp3) is 0.941. The minimum atomic E-state index is 0. The Kier molecular flexibility index (Phi) is 11.7. The van der Waals surface area contributed by atoms with Crippen LogP contribution in [0.4, 0.5) is 0 Å². The van der Waals surface area contributed by atoms with Gasteiger partial charge in [0.2, 0.25) is 0 Å². The summed E-state index contributed by atoms with van der Waals surface area (Å²) in [6.07, 6.45) is 11.7. The number of aliphatic imine (C=N–C) groups is 1. The monoisotopic (exact) mass is 454 g/mol. The van der Waals surface area contributed by atoms with Crippen LogP contribution in [0.3, 0.4) is 0 Å². The first-order valence-electron chi connectivity index (χ1n) is 9.00. The van der Waals surface area contributed by atoms with E-state index < -0.39 is 0 Å². The smallest absolute Gasteiger partial charge is 0.191 e. The van der Waals surface area contributed by atoms with Crippen molar-refractivity contribution < 1.29 is 0 Å². The molecule has 1 heterocycles. The largest absolute Gasteiger partial charge is 0.356 e. The van der Waals surface area contributed by atoms with E-state index in [0.717, 1.165) is 18.4 Å². The van der Waals surface area contributed by atoms with Gasteiger partial charge in [-0.15, -0.1) is 24.0 Å². The summed E-state index contributed by atoms with van der Waals surface area (Å²) >= 11 is 1.93. The SMILES string of the molecule is CN=C(NCCCCSC)NC1CCN(CC2CCCC2)C1.I. The first-order chi connectivity index (χ1) is 10.8. The number of nitrogens with zero attached hydrogens (tertiary/aromatic N) is 2. The van der Waals surface area contributed by atoms with E-state index in [1.54, 1.807) is 0 Å². The lowest BCUT2D eigenvalue weighted by Crippen LogP contribution is -2.45. The van der Waals surface area contributed by atoms with Gasteiger partial charge in [-0.1, -0.05) is 12.8 Å². The van der Waals surface area contributed by atoms with Crippen molar-refractivity contribution in [1.29, 1.82) is 0 Å². The van der Waals surface area contributed by atoms with Crippen LogP contribution in [0.2, 0.25) is 0 Å². The highest BCUT2D eigenvalue weighted by atomic mass is 127. The molecule has 1 unspecified atom stereocenters. The van der Waals surface area contributed by atoms with Crippen LogP contribution < -0.4 is 10.6 Å². The minimum absolute atomic E-state index is 0. The molecule has 2 rings (SSSR count). The normalized spacial score (nSPS) is 23.0. The summed E-state index contributed by atoms with van der Waals surface area (Å²) in [6, 6.07) is 0.568. The highest BCUT2D eigenvalue weighted by Gasteiger charge is 2.26. The van der Waals surface area contributed by atoms with Crippen LogP contribution in [-0.4, -0.2) is 62.1 Å². The molecule has 4 nitrogen and oxygen atoms in total. The second kappa shape index (κ2) is 12.6. The Hall–Kier alpha value is 0.310. The second-order valence-corrected chi connectivity index (χ2v) is 7.72. The summed E-state index contributed by atoms with van der Waals surface area (Å²) in [4.78, 5) is 7.02. The lowest BCUT2D eigenvalue weighted by molar-refractivity contribution is 0.275. The molecule has 23 heavy (non-hydrogen) atoms. The molecule has 1 atom stereocenters. The fourth-order valence-electron chi connectivity index (χ4n) is 3.64. The minimum Gasteiger partial charge on any atom is -0.356 e. The van der Waals surface area contributed by atoms with Gasteiger partial charge in [0, 0.05) is 39.3 Å². The summed E-state index contributed by atoms with van der Waals surface area (Å²) in [5.74, 6) is 3.21. The molecule has 2 N–H and O–H groups in total. The zero-order chi connectivity index (χ0) is 15.6. The lowest BCUT2D eigenvalue weighted by Gasteiger charge is -2.21. The summed E-state index contributed by atoms with van der Waals surface area (Å²) in [5, 5.41) is 7.06. The number of likely N-dealkylation sites (tertiary alicyclic amines) is 1. The Morgan fingerprint density at radius 3 is 2.70 bits per heavy atom. The van der Waals surface area contributed by atoms with E-state index in [4.69, 9.17) is 0 Å². The molecule has 0 aromatic rings. The average Bonchev–Trinajstić information content (AvgIpc) is 3.18. The molecule has 2 aliphatic rings. The predicted octanol–water partition coefficient (Wildman–Crippen LogP) is 3.18. The van der Waals surface area contributed by atoms with Crippen LogP contribution in [0, 0.1) is 5.92 Å². The van der Waals surface area contributed by atoms with E-state index in [0.29, 0.717) is 6.04 Å². The van der Waals surface area contributed by atoms with Crippen molar-refractivity contribution in [3.8, 4) is 0 Å². The summed E-state index contributed by atoms with van der Waals surface area (Å²) in [5.41, 5.74) is 0. The number of hydrogen-bond acceptors (Lipinski definition) is 3. The molecule has 1 aliphatic heterocycles. The molecular weight excluding hydrogens is 419 g/mol. The molecule has 1 saturated heterocycles. The Morgan fingerprint density at radius 1 is 1.22 bits per heavy atom. The zero-order valence-corrected chi connectivity index (χ0v) is 18.0. The molecule has 6 heteroatoms. The number of rotatable bonds is 8. The summed E-state index contributed by atoms with van der Waals surface area (Å²) in [7, 11) is 1.88. The van der Waals surface area contributed by atoms with Crippen molar-refractivity contribution in [2.45, 2.75) is 51.0 Å². The third-order valence-corrected chi connectivity index (χ3v) is 5.59. The van der Waals surface area contributed by atoms with Crippen LogP contribution in [0.5, 0.6) is 0 Å². The third-order valence-electron chi connectivity index (χ3n) is 4.90. The number of nitrogens with one attached hydrogen (secondary N) is 2. The Bertz CT molecular complexity index is 335. The molecule has 0 aromatic heterocycles. The molecule has 0 radical (unpaired) electrons. The van der Waals surface area contributed by atoms with Crippen LogP contribution in [0.15, 0.2) is 4.99 Å². The molecular formula is C17H35IN4S. The number of thioether (sulfide) groups is 1. The van der Waals surface area contributed by atoms with Crippen LogP contribution in [-0.2, 0) is 0 Å². The van der Waals surface area contributed by atoms with Crippen LogP contribution in [0.25, 0.3) is 0 Å². The molecule has 0 bridgehead atoms. The van der Waals surface area contributed by atoms with Crippen molar-refractivity contribution in [2.24, 2.45) is 10.9 Å². The summed E-state index contributed by atoms with van der Waals surface area (Å²) in [6.45, 7) is 4.78. The predicted molar refractivity (Wildman–Crippen MR) is 114 cm³/mol. The molecule has 136 valence electrons. The van der Waals surface area contributed by atoms with Crippen LogP contribution >= 0.6 is 35.7 Å². The van der Waals surface area contributed by atoms with Crippen LogP contribution in [0.1, 0.15) is 44.9 Å². The third kappa shape index (κ3) is 8.29. The average molecular weight is 454 g/mol. The van der Waals surface area contributed by atoms with Crippen molar-refractivity contribution in [3.63, 3.8) is 0 Å². The number of guanidine groups is 1. The van der Waals surface area contributed by atoms with E-state index in [2.05, 4.69) is 26.8 Å². The van der Waals surface area contributed by atoms with Gasteiger partial charge in [0.15, 0.2) is 5.96 Å². The highest BCUT2D eigenvalue weighted by Crippen LogP contribution is 2.26. The van der Waals surface area contributed by atoms with Gasteiger partial charge in [0.25, 0.3) is 0 Å². The molecule has 1 aliphatic carbocycles. The van der Waals surface area contributed by atoms with Gasteiger partial charge in [-0.2, -0.15) is 11.8 Å². The number of unbranched alkanes of at least 4 members (excludes halogenated alkanes) is 1. The molecule has 0 spiro atoms. The Labute approximate surface area is 164 Å². The molecule has 0 aromatic carbocycles. The first-order valence-corrected chi connectivity index (χ1v) is 10.4. The van der Waals surface area contributed by atoms with E-state index in [9.17, 15) is 0 Å². The van der Waals surface area contributed by atoms with Crippen molar-refractivity contribution in [2.75, 3.05) is 45.2 Å². The van der Waals surface area contributed by atoms with E-state index in [1.165, 1.54) is 70.3 Å². The lowest BCUT2D eigenvalue weighted by atomic mass is 10.1. The van der Waals surface area contributed by atoms with Crippen molar-refractivity contribution >= 4 is 41.7 Å². The summed E-state index contributed by atoms with van der Waals surface area (Å²) < 4.78 is 0. The standard InChI is InChI=1S/C17H34N4S.HI/c1-18-17(19-10-5-6-12-22-2)20-16-9-11-21(14-16)13-15-7-3-4-8-15;/h15-16H,3-14H2,1-2H3,(H2,18,19,20);1H. The molecule has 0 amide bonds. The Balaban J connectivity index is 0.00000264. The van der Waals surface area contributed by atoms with Gasteiger partial charge in [0.05, 0.1) is 0 Å². The molecule has 1 saturated carbocycles. The maximum absolute atomic E-state index is 4.37. The maximum atomic E-state index is 4.37. The van der Waals surface area contributed by atoms with E-state index in [-0.39, 0.29) is 24.0 Å². The second-order valence-electron chi connectivity index (χ2n) is 6.74. The van der Waals surface area contributed by atoms with E-state index in [1.807, 2.05) is 18.8 Å². The highest BCUT2D eigenvalue weighted by molar-refractivity contribution is 14.0. The van der Waals surface area contributed by atoms with Crippen molar-refractivity contribution in [1.82, 2.24) is 15.5 Å². The topological polar surface area (TPSA) is 39.7 Å². The van der Waals surface area contributed by atoms with Gasteiger partial charge < -0.3 is 15.5 Å². The van der Waals surface area contributed by atoms with Gasteiger partial charge in [-0.3, -0.25) is 4.99 Å². The molecule has 2 fully saturated rings. The van der Waals surface area contributed by atoms with Gasteiger partial charge in [0.1, 0.15) is 0 Å². The van der Waals surface area contributed by atoms with Gasteiger partial charge in [-0.05, 0) is 50.0 Å². The Morgan fingerprint density at radius 2 is 2.00 bits per heavy atom. The quantitative estimate of drug-likeness (QED) is 0.256. The van der Waals surface area contributed by atoms with Gasteiger partial charge >= 0.3 is 0 Å². The van der Waals surface area contributed by atoms with E-state index >= 15 is 0 Å². The number of halogens is 1. The fourth-order valence-corrected chi connectivity index (χ4v) is 4.13. The van der Waals surface area contributed by atoms with Gasteiger partial charge in [-0.25, -0.2) is 0 Å².